The van der Waals surface area contributed by atoms with Crippen molar-refractivity contribution in [3.8, 4) is 5.75 Å². The lowest BCUT2D eigenvalue weighted by atomic mass is 9.99. The summed E-state index contributed by atoms with van der Waals surface area (Å²) in [6, 6.07) is 8.65. The van der Waals surface area contributed by atoms with E-state index >= 15 is 0 Å². The van der Waals surface area contributed by atoms with Crippen molar-refractivity contribution in [3.05, 3.63) is 47.3 Å². The van der Waals surface area contributed by atoms with Gasteiger partial charge in [-0.25, -0.2) is 0 Å². The normalized spacial score (nSPS) is 20.5. The van der Waals surface area contributed by atoms with Crippen LogP contribution in [0.25, 0.3) is 0 Å². The van der Waals surface area contributed by atoms with Gasteiger partial charge in [-0.2, -0.15) is 5.10 Å². The average molecular weight is 341 g/mol. The van der Waals surface area contributed by atoms with Crippen molar-refractivity contribution < 1.29 is 9.47 Å². The third-order valence-electron chi connectivity index (χ3n) is 5.36. The van der Waals surface area contributed by atoms with Crippen LogP contribution in [-0.4, -0.2) is 41.5 Å². The molecule has 1 aromatic carbocycles. The number of nitrogens with zero attached hydrogens (tertiary/aromatic N) is 3. The van der Waals surface area contributed by atoms with E-state index in [-0.39, 0.29) is 6.04 Å². The number of hydrogen-bond donors (Lipinski definition) is 0. The van der Waals surface area contributed by atoms with E-state index in [9.17, 15) is 0 Å². The number of ether oxygens (including phenoxy) is 2. The number of benzene rings is 1. The van der Waals surface area contributed by atoms with Gasteiger partial charge in [-0.1, -0.05) is 12.1 Å². The summed E-state index contributed by atoms with van der Waals surface area (Å²) in [5.74, 6) is 1.70. The number of methoxy groups -OCH3 is 1. The summed E-state index contributed by atoms with van der Waals surface area (Å²) in [5.41, 5.74) is 3.99. The van der Waals surface area contributed by atoms with Crippen LogP contribution in [-0.2, 0) is 24.8 Å². The summed E-state index contributed by atoms with van der Waals surface area (Å²) < 4.78 is 13.4. The quantitative estimate of drug-likeness (QED) is 0.776. The molecule has 134 valence electrons. The van der Waals surface area contributed by atoms with Crippen LogP contribution in [0.3, 0.4) is 0 Å². The van der Waals surface area contributed by atoms with E-state index in [1.807, 2.05) is 30.1 Å². The molecule has 0 saturated heterocycles. The molecule has 1 aromatic heterocycles. The van der Waals surface area contributed by atoms with Gasteiger partial charge >= 0.3 is 0 Å². The molecule has 0 bridgehead atoms. The fourth-order valence-electron chi connectivity index (χ4n) is 3.68. The summed E-state index contributed by atoms with van der Waals surface area (Å²) in [5, 5.41) is 4.49. The molecule has 1 atom stereocenters. The van der Waals surface area contributed by atoms with Crippen molar-refractivity contribution in [1.29, 1.82) is 0 Å². The first-order chi connectivity index (χ1) is 12.2. The molecule has 1 saturated carbocycles. The predicted molar refractivity (Wildman–Crippen MR) is 96.6 cm³/mol. The smallest absolute Gasteiger partial charge is 0.118 e. The Morgan fingerprint density at radius 1 is 1.16 bits per heavy atom. The van der Waals surface area contributed by atoms with E-state index in [2.05, 4.69) is 22.1 Å². The molecule has 5 heteroatoms. The van der Waals surface area contributed by atoms with Crippen LogP contribution in [0.2, 0.25) is 0 Å². The molecular weight excluding hydrogens is 314 g/mol. The first-order valence-corrected chi connectivity index (χ1v) is 9.20. The van der Waals surface area contributed by atoms with E-state index in [1.165, 1.54) is 29.7 Å². The van der Waals surface area contributed by atoms with E-state index < -0.39 is 0 Å². The molecule has 1 aliphatic carbocycles. The Balaban J connectivity index is 1.50. The standard InChI is InChI=1S/C20H27N3O2/c1-22-20-17(11-21-22)9-10-23(19(20)14-25-13-16-3-4-16)12-15-5-7-18(24-2)8-6-15/h5-8,11,16,19H,3-4,9-10,12-14H2,1-2H3/t19-/m1/s1. The minimum absolute atomic E-state index is 0.275. The van der Waals surface area contributed by atoms with Gasteiger partial charge in [0.2, 0.25) is 0 Å². The molecule has 2 aromatic rings. The van der Waals surface area contributed by atoms with Gasteiger partial charge in [-0.3, -0.25) is 9.58 Å². The molecule has 1 aliphatic heterocycles. The molecule has 0 amide bonds. The van der Waals surface area contributed by atoms with Crippen molar-refractivity contribution >= 4 is 0 Å². The highest BCUT2D eigenvalue weighted by molar-refractivity contribution is 5.29. The first kappa shape index (κ1) is 16.6. The second-order valence-corrected chi connectivity index (χ2v) is 7.24. The van der Waals surface area contributed by atoms with Gasteiger partial charge in [-0.05, 0) is 48.4 Å². The lowest BCUT2D eigenvalue weighted by Gasteiger charge is -2.36. The zero-order valence-electron chi connectivity index (χ0n) is 15.1. The van der Waals surface area contributed by atoms with Gasteiger partial charge in [0, 0.05) is 26.7 Å². The number of rotatable bonds is 7. The summed E-state index contributed by atoms with van der Waals surface area (Å²) in [6.45, 7) is 3.62. The van der Waals surface area contributed by atoms with Crippen molar-refractivity contribution in [1.82, 2.24) is 14.7 Å². The fraction of sp³-hybridized carbons (Fsp3) is 0.550. The van der Waals surface area contributed by atoms with E-state index in [4.69, 9.17) is 9.47 Å². The highest BCUT2D eigenvalue weighted by atomic mass is 16.5. The van der Waals surface area contributed by atoms with Crippen LogP contribution in [0.1, 0.15) is 35.7 Å². The van der Waals surface area contributed by atoms with Crippen molar-refractivity contribution in [2.75, 3.05) is 26.9 Å². The molecule has 0 unspecified atom stereocenters. The van der Waals surface area contributed by atoms with Gasteiger partial charge < -0.3 is 9.47 Å². The number of hydrogen-bond acceptors (Lipinski definition) is 4. The Hall–Kier alpha value is -1.85. The predicted octanol–water partition coefficient (Wildman–Crippen LogP) is 2.95. The Labute approximate surface area is 149 Å². The van der Waals surface area contributed by atoms with Crippen molar-refractivity contribution in [2.24, 2.45) is 13.0 Å². The molecule has 5 nitrogen and oxygen atoms in total. The largest absolute Gasteiger partial charge is 0.497 e. The van der Waals surface area contributed by atoms with Crippen LogP contribution in [0.4, 0.5) is 0 Å². The Bertz CT molecular complexity index is 706. The lowest BCUT2D eigenvalue weighted by molar-refractivity contribution is 0.0413. The fourth-order valence-corrected chi connectivity index (χ4v) is 3.68. The average Bonchev–Trinajstić information content (AvgIpc) is 3.39. The second-order valence-electron chi connectivity index (χ2n) is 7.24. The monoisotopic (exact) mass is 341 g/mol. The van der Waals surface area contributed by atoms with Gasteiger partial charge in [0.15, 0.2) is 0 Å². The highest BCUT2D eigenvalue weighted by Gasteiger charge is 2.31. The van der Waals surface area contributed by atoms with Crippen molar-refractivity contribution in [2.45, 2.75) is 31.8 Å². The molecular formula is C20H27N3O2. The van der Waals surface area contributed by atoms with Crippen LogP contribution in [0.5, 0.6) is 5.75 Å². The highest BCUT2D eigenvalue weighted by Crippen LogP contribution is 2.33. The third kappa shape index (κ3) is 3.72. The SMILES string of the molecule is COc1ccc(CN2CCc3cnn(C)c3[C@H]2COCC2CC2)cc1. The van der Waals surface area contributed by atoms with Gasteiger partial charge in [0.05, 0.1) is 31.6 Å². The van der Waals surface area contributed by atoms with Crippen LogP contribution >= 0.6 is 0 Å². The zero-order chi connectivity index (χ0) is 17.2. The number of aryl methyl sites for hydroxylation is 1. The Morgan fingerprint density at radius 2 is 1.96 bits per heavy atom. The van der Waals surface area contributed by atoms with E-state index in [0.717, 1.165) is 44.4 Å². The molecule has 0 N–H and O–H groups in total. The number of aromatic nitrogens is 2. The summed E-state index contributed by atoms with van der Waals surface area (Å²) in [7, 11) is 3.75. The summed E-state index contributed by atoms with van der Waals surface area (Å²) >= 11 is 0. The number of fused-ring (bicyclic) bond motifs is 1. The molecule has 0 spiro atoms. The topological polar surface area (TPSA) is 39.5 Å². The Kier molecular flexibility index (Phi) is 4.77. The Morgan fingerprint density at radius 3 is 2.68 bits per heavy atom. The first-order valence-electron chi connectivity index (χ1n) is 9.20. The van der Waals surface area contributed by atoms with Crippen LogP contribution in [0.15, 0.2) is 30.5 Å². The maximum absolute atomic E-state index is 6.08. The molecule has 2 aliphatic rings. The van der Waals surface area contributed by atoms with Crippen molar-refractivity contribution in [3.63, 3.8) is 0 Å². The third-order valence-corrected chi connectivity index (χ3v) is 5.36. The molecule has 1 fully saturated rings. The molecule has 2 heterocycles. The molecule has 25 heavy (non-hydrogen) atoms. The van der Waals surface area contributed by atoms with E-state index in [0.29, 0.717) is 0 Å². The van der Waals surface area contributed by atoms with Gasteiger partial charge in [0.25, 0.3) is 0 Å². The summed E-state index contributed by atoms with van der Waals surface area (Å²) in [6.07, 6.45) is 5.74. The lowest BCUT2D eigenvalue weighted by Crippen LogP contribution is -2.38. The van der Waals surface area contributed by atoms with Gasteiger partial charge in [-0.15, -0.1) is 0 Å². The second kappa shape index (κ2) is 7.18. The zero-order valence-corrected chi connectivity index (χ0v) is 15.1. The van der Waals surface area contributed by atoms with Gasteiger partial charge in [0.1, 0.15) is 5.75 Å². The van der Waals surface area contributed by atoms with Crippen LogP contribution in [0, 0.1) is 5.92 Å². The minimum atomic E-state index is 0.275. The maximum Gasteiger partial charge on any atom is 0.118 e. The van der Waals surface area contributed by atoms with Crippen LogP contribution < -0.4 is 4.74 Å². The minimum Gasteiger partial charge on any atom is -0.497 e. The molecule has 0 radical (unpaired) electrons. The maximum atomic E-state index is 6.08. The summed E-state index contributed by atoms with van der Waals surface area (Å²) in [4.78, 5) is 2.53. The molecule has 4 rings (SSSR count). The van der Waals surface area contributed by atoms with E-state index in [1.54, 1.807) is 7.11 Å².